The highest BCUT2D eigenvalue weighted by Gasteiger charge is 2.08. The van der Waals surface area contributed by atoms with E-state index in [1.54, 1.807) is 47.4 Å². The van der Waals surface area contributed by atoms with Gasteiger partial charge in [0.15, 0.2) is 4.34 Å². The number of carbonyl (C=O) groups is 1. The molecule has 0 saturated heterocycles. The Bertz CT molecular complexity index is 815. The fourth-order valence-electron chi connectivity index (χ4n) is 1.97. The van der Waals surface area contributed by atoms with Crippen LogP contribution in [0.25, 0.3) is 10.2 Å². The number of thiazole rings is 1. The van der Waals surface area contributed by atoms with Gasteiger partial charge >= 0.3 is 0 Å². The highest BCUT2D eigenvalue weighted by molar-refractivity contribution is 8.01. The average Bonchev–Trinajstić information content (AvgIpc) is 2.90. The molecule has 0 unspecified atom stereocenters. The van der Waals surface area contributed by atoms with Gasteiger partial charge < -0.3 is 5.32 Å². The van der Waals surface area contributed by atoms with E-state index < -0.39 is 0 Å². The second-order valence-corrected chi connectivity index (χ2v) is 7.53. The highest BCUT2D eigenvalue weighted by atomic mass is 35.5. The number of amides is 1. The average molecular weight is 349 g/mol. The molecule has 1 N–H and O–H groups in total. The second kappa shape index (κ2) is 6.69. The number of aromatic nitrogens is 1. The van der Waals surface area contributed by atoms with Gasteiger partial charge in [-0.15, -0.1) is 11.3 Å². The van der Waals surface area contributed by atoms with Crippen molar-refractivity contribution in [1.29, 1.82) is 0 Å². The summed E-state index contributed by atoms with van der Waals surface area (Å²) in [5.74, 6) is 0.851. The first-order valence-electron chi connectivity index (χ1n) is 6.76. The standard InChI is InChI=1S/C16H13ClN2OS2/c1-2-21-16-19-13-8-7-12(9-14(13)22-16)18-15(20)10-3-5-11(17)6-4-10/h3-9H,2H2,1H3,(H,18,20). The van der Waals surface area contributed by atoms with Crippen molar-refractivity contribution in [3.8, 4) is 0 Å². The van der Waals surface area contributed by atoms with Gasteiger partial charge in [0.1, 0.15) is 0 Å². The van der Waals surface area contributed by atoms with Crippen LogP contribution < -0.4 is 5.32 Å². The first-order chi connectivity index (χ1) is 10.7. The van der Waals surface area contributed by atoms with Crippen LogP contribution in [0.3, 0.4) is 0 Å². The quantitative estimate of drug-likeness (QED) is 0.649. The van der Waals surface area contributed by atoms with Crippen molar-refractivity contribution in [3.63, 3.8) is 0 Å². The SMILES string of the molecule is CCSc1nc2ccc(NC(=O)c3ccc(Cl)cc3)cc2s1. The molecule has 0 fully saturated rings. The van der Waals surface area contributed by atoms with Gasteiger partial charge in [0.2, 0.25) is 0 Å². The Labute approximate surface area is 141 Å². The van der Waals surface area contributed by atoms with Gasteiger partial charge in [-0.2, -0.15) is 0 Å². The molecule has 1 heterocycles. The molecular formula is C16H13ClN2OS2. The Morgan fingerprint density at radius 3 is 2.77 bits per heavy atom. The molecule has 1 aromatic heterocycles. The van der Waals surface area contributed by atoms with Crippen LogP contribution in [0.15, 0.2) is 46.8 Å². The number of nitrogens with zero attached hydrogens (tertiary/aromatic N) is 1. The summed E-state index contributed by atoms with van der Waals surface area (Å²) in [6.07, 6.45) is 0. The molecule has 3 nitrogen and oxygen atoms in total. The number of benzene rings is 2. The van der Waals surface area contributed by atoms with E-state index in [4.69, 9.17) is 11.6 Å². The van der Waals surface area contributed by atoms with E-state index in [2.05, 4.69) is 17.2 Å². The first-order valence-corrected chi connectivity index (χ1v) is 8.94. The minimum atomic E-state index is -0.149. The summed E-state index contributed by atoms with van der Waals surface area (Å²) in [6, 6.07) is 12.6. The van der Waals surface area contributed by atoms with Crippen molar-refractivity contribution in [2.24, 2.45) is 0 Å². The fourth-order valence-corrected chi connectivity index (χ4v) is 4.10. The van der Waals surface area contributed by atoms with Crippen molar-refractivity contribution in [3.05, 3.63) is 53.1 Å². The van der Waals surface area contributed by atoms with Gasteiger partial charge in [0.05, 0.1) is 10.2 Å². The number of anilines is 1. The zero-order valence-corrected chi connectivity index (χ0v) is 14.2. The third-order valence-corrected chi connectivity index (χ3v) is 5.30. The number of halogens is 1. The van der Waals surface area contributed by atoms with Crippen molar-refractivity contribution in [2.45, 2.75) is 11.3 Å². The lowest BCUT2D eigenvalue weighted by molar-refractivity contribution is 0.102. The summed E-state index contributed by atoms with van der Waals surface area (Å²) < 4.78 is 2.13. The molecule has 112 valence electrons. The lowest BCUT2D eigenvalue weighted by atomic mass is 10.2. The molecule has 0 saturated carbocycles. The molecular weight excluding hydrogens is 336 g/mol. The maximum atomic E-state index is 12.2. The Balaban J connectivity index is 1.81. The Kier molecular flexibility index (Phi) is 4.66. The monoisotopic (exact) mass is 348 g/mol. The van der Waals surface area contributed by atoms with Crippen molar-refractivity contribution < 1.29 is 4.79 Å². The molecule has 3 rings (SSSR count). The number of hydrogen-bond donors (Lipinski definition) is 1. The third-order valence-electron chi connectivity index (χ3n) is 3.00. The lowest BCUT2D eigenvalue weighted by Crippen LogP contribution is -2.11. The predicted octanol–water partition coefficient (Wildman–Crippen LogP) is 5.31. The molecule has 3 aromatic rings. The molecule has 0 radical (unpaired) electrons. The number of rotatable bonds is 4. The molecule has 6 heteroatoms. The van der Waals surface area contributed by atoms with Gasteiger partial charge in [-0.25, -0.2) is 4.98 Å². The normalized spacial score (nSPS) is 10.8. The molecule has 0 aliphatic carbocycles. The Hall–Kier alpha value is -1.56. The van der Waals surface area contributed by atoms with Gasteiger partial charge in [0, 0.05) is 16.3 Å². The van der Waals surface area contributed by atoms with E-state index in [0.29, 0.717) is 10.6 Å². The van der Waals surface area contributed by atoms with Crippen LogP contribution in [-0.4, -0.2) is 16.6 Å². The number of thioether (sulfide) groups is 1. The van der Waals surface area contributed by atoms with Crippen molar-refractivity contribution in [1.82, 2.24) is 4.98 Å². The largest absolute Gasteiger partial charge is 0.322 e. The van der Waals surface area contributed by atoms with E-state index >= 15 is 0 Å². The summed E-state index contributed by atoms with van der Waals surface area (Å²) in [5, 5.41) is 3.52. The molecule has 0 bridgehead atoms. The third kappa shape index (κ3) is 3.43. The molecule has 1 amide bonds. The number of nitrogens with one attached hydrogen (secondary N) is 1. The molecule has 0 aliphatic heterocycles. The topological polar surface area (TPSA) is 42.0 Å². The van der Waals surface area contributed by atoms with Gasteiger partial charge in [0.25, 0.3) is 5.91 Å². The summed E-state index contributed by atoms with van der Waals surface area (Å²) >= 11 is 9.20. The van der Waals surface area contributed by atoms with Crippen LogP contribution in [0.1, 0.15) is 17.3 Å². The van der Waals surface area contributed by atoms with E-state index in [9.17, 15) is 4.79 Å². The van der Waals surface area contributed by atoms with E-state index in [-0.39, 0.29) is 5.91 Å². The molecule has 22 heavy (non-hydrogen) atoms. The zero-order valence-electron chi connectivity index (χ0n) is 11.8. The predicted molar refractivity (Wildman–Crippen MR) is 95.4 cm³/mol. The molecule has 0 spiro atoms. The minimum Gasteiger partial charge on any atom is -0.322 e. The minimum absolute atomic E-state index is 0.149. The van der Waals surface area contributed by atoms with Crippen LogP contribution in [0.5, 0.6) is 0 Å². The summed E-state index contributed by atoms with van der Waals surface area (Å²) in [6.45, 7) is 2.11. The van der Waals surface area contributed by atoms with Crippen LogP contribution in [0.4, 0.5) is 5.69 Å². The van der Waals surface area contributed by atoms with Gasteiger partial charge in [-0.3, -0.25) is 4.79 Å². The van der Waals surface area contributed by atoms with Crippen LogP contribution >= 0.6 is 34.7 Å². The van der Waals surface area contributed by atoms with E-state index in [1.807, 2.05) is 18.2 Å². The number of fused-ring (bicyclic) bond motifs is 1. The summed E-state index contributed by atoms with van der Waals surface area (Å²) in [7, 11) is 0. The van der Waals surface area contributed by atoms with Crippen molar-refractivity contribution in [2.75, 3.05) is 11.1 Å². The van der Waals surface area contributed by atoms with E-state index in [0.717, 1.165) is 26.0 Å². The Morgan fingerprint density at radius 1 is 1.27 bits per heavy atom. The lowest BCUT2D eigenvalue weighted by Gasteiger charge is -2.05. The molecule has 2 aromatic carbocycles. The molecule has 0 aliphatic rings. The number of hydrogen-bond acceptors (Lipinski definition) is 4. The summed E-state index contributed by atoms with van der Waals surface area (Å²) in [4.78, 5) is 16.7. The van der Waals surface area contributed by atoms with Gasteiger partial charge in [-0.1, -0.05) is 30.3 Å². The maximum absolute atomic E-state index is 12.2. The fraction of sp³-hybridized carbons (Fsp3) is 0.125. The zero-order chi connectivity index (χ0) is 15.5. The first kappa shape index (κ1) is 15.3. The number of carbonyl (C=O) groups excluding carboxylic acids is 1. The van der Waals surface area contributed by atoms with Crippen molar-refractivity contribution >= 4 is 56.5 Å². The summed E-state index contributed by atoms with van der Waals surface area (Å²) in [5.41, 5.74) is 2.31. The smallest absolute Gasteiger partial charge is 0.255 e. The second-order valence-electron chi connectivity index (χ2n) is 4.56. The Morgan fingerprint density at radius 2 is 2.05 bits per heavy atom. The van der Waals surface area contributed by atoms with Crippen LogP contribution in [0, 0.1) is 0 Å². The van der Waals surface area contributed by atoms with Crippen LogP contribution in [0.2, 0.25) is 5.02 Å². The van der Waals surface area contributed by atoms with Crippen LogP contribution in [-0.2, 0) is 0 Å². The molecule has 0 atom stereocenters. The van der Waals surface area contributed by atoms with E-state index in [1.165, 1.54) is 0 Å². The maximum Gasteiger partial charge on any atom is 0.255 e. The highest BCUT2D eigenvalue weighted by Crippen LogP contribution is 2.31. The van der Waals surface area contributed by atoms with Gasteiger partial charge in [-0.05, 0) is 48.2 Å².